The van der Waals surface area contributed by atoms with Crippen molar-refractivity contribution in [1.29, 1.82) is 0 Å². The van der Waals surface area contributed by atoms with Gasteiger partial charge in [0.1, 0.15) is 0 Å². The summed E-state index contributed by atoms with van der Waals surface area (Å²) in [4.78, 5) is 6.93. The molecule has 2 N–H and O–H groups in total. The van der Waals surface area contributed by atoms with Crippen LogP contribution < -0.4 is 10.6 Å². The van der Waals surface area contributed by atoms with E-state index in [0.29, 0.717) is 17.9 Å². The molecule has 22 heavy (non-hydrogen) atoms. The van der Waals surface area contributed by atoms with Crippen LogP contribution in [-0.4, -0.2) is 63.3 Å². The Morgan fingerprint density at radius 3 is 2.18 bits per heavy atom. The van der Waals surface area contributed by atoms with Crippen molar-refractivity contribution in [2.75, 3.05) is 46.4 Å². The summed E-state index contributed by atoms with van der Waals surface area (Å²) in [6.07, 6.45) is 2.44. The molecule has 0 aliphatic carbocycles. The summed E-state index contributed by atoms with van der Waals surface area (Å²) in [5, 5.41) is 6.93. The number of aliphatic imine (C=N–C) groups is 1. The number of ether oxygens (including phenoxy) is 1. The predicted molar refractivity (Wildman–Crippen MR) is 94.5 cm³/mol. The molecule has 1 rings (SSSR count). The fraction of sp³-hybridized carbons (Fsp3) is 0.941. The van der Waals surface area contributed by atoms with E-state index in [1.165, 1.54) is 12.8 Å². The summed E-state index contributed by atoms with van der Waals surface area (Å²) in [6.45, 7) is 14.7. The molecule has 1 unspecified atom stereocenters. The van der Waals surface area contributed by atoms with E-state index >= 15 is 0 Å². The topological polar surface area (TPSA) is 48.9 Å². The number of guanidine groups is 1. The van der Waals surface area contributed by atoms with Crippen LogP contribution in [0.1, 0.15) is 40.5 Å². The maximum atomic E-state index is 5.51. The molecule has 130 valence electrons. The van der Waals surface area contributed by atoms with Crippen LogP contribution >= 0.6 is 0 Å². The highest BCUT2D eigenvalue weighted by Gasteiger charge is 2.26. The molecular formula is C17H36N4O. The van der Waals surface area contributed by atoms with Crippen molar-refractivity contribution in [3.8, 4) is 0 Å². The largest absolute Gasteiger partial charge is 0.379 e. The molecule has 5 heteroatoms. The Kier molecular flexibility index (Phi) is 9.48. The average molecular weight is 313 g/mol. The highest BCUT2D eigenvalue weighted by Crippen LogP contribution is 2.19. The normalized spacial score (nSPS) is 18.8. The van der Waals surface area contributed by atoms with Crippen molar-refractivity contribution in [3.63, 3.8) is 0 Å². The van der Waals surface area contributed by atoms with Gasteiger partial charge >= 0.3 is 0 Å². The molecule has 5 nitrogen and oxygen atoms in total. The zero-order chi connectivity index (χ0) is 16.4. The van der Waals surface area contributed by atoms with Crippen molar-refractivity contribution in [1.82, 2.24) is 15.5 Å². The molecular weight excluding hydrogens is 276 g/mol. The zero-order valence-electron chi connectivity index (χ0n) is 15.2. The van der Waals surface area contributed by atoms with Crippen LogP contribution in [0.2, 0.25) is 0 Å². The third-order valence-electron chi connectivity index (χ3n) is 4.49. The van der Waals surface area contributed by atoms with Gasteiger partial charge in [-0.25, -0.2) is 0 Å². The number of morpholine rings is 1. The maximum absolute atomic E-state index is 5.51. The van der Waals surface area contributed by atoms with Gasteiger partial charge in [0.05, 0.1) is 13.2 Å². The van der Waals surface area contributed by atoms with Crippen molar-refractivity contribution < 1.29 is 4.74 Å². The second-order valence-electron chi connectivity index (χ2n) is 6.52. The maximum Gasteiger partial charge on any atom is 0.191 e. The minimum atomic E-state index is 0.552. The summed E-state index contributed by atoms with van der Waals surface area (Å²) in [7, 11) is 1.84. The van der Waals surface area contributed by atoms with Crippen LogP contribution in [0, 0.1) is 11.8 Å². The van der Waals surface area contributed by atoms with Gasteiger partial charge < -0.3 is 15.4 Å². The molecule has 1 heterocycles. The van der Waals surface area contributed by atoms with Crippen LogP contribution in [0.25, 0.3) is 0 Å². The van der Waals surface area contributed by atoms with E-state index in [1.54, 1.807) is 0 Å². The number of nitrogens with one attached hydrogen (secondary N) is 2. The molecule has 0 aromatic heterocycles. The monoisotopic (exact) mass is 312 g/mol. The third kappa shape index (κ3) is 6.53. The van der Waals surface area contributed by atoms with E-state index in [2.05, 4.69) is 48.2 Å². The highest BCUT2D eigenvalue weighted by atomic mass is 16.5. The third-order valence-corrected chi connectivity index (χ3v) is 4.49. The standard InChI is InChI=1S/C17H36N4O/c1-6-15(7-2)16(21-8-10-22-11-9-21)13-20-17(18-5)19-12-14(3)4/h14-16H,6-13H2,1-5H3,(H2,18,19,20). The lowest BCUT2D eigenvalue weighted by Gasteiger charge is -2.39. The van der Waals surface area contributed by atoms with Gasteiger partial charge in [0.15, 0.2) is 5.96 Å². The lowest BCUT2D eigenvalue weighted by molar-refractivity contribution is 0.00272. The van der Waals surface area contributed by atoms with Gasteiger partial charge in [0.2, 0.25) is 0 Å². The predicted octanol–water partition coefficient (Wildman–Crippen LogP) is 1.94. The van der Waals surface area contributed by atoms with Gasteiger partial charge in [-0.05, 0) is 11.8 Å². The molecule has 0 spiro atoms. The molecule has 1 aliphatic rings. The van der Waals surface area contributed by atoms with Crippen LogP contribution in [-0.2, 0) is 4.74 Å². The summed E-state index contributed by atoms with van der Waals surface area (Å²) >= 11 is 0. The SMILES string of the molecule is CCC(CC)C(CNC(=NC)NCC(C)C)N1CCOCC1. The lowest BCUT2D eigenvalue weighted by Crippen LogP contribution is -2.53. The Hall–Kier alpha value is -0.810. The van der Waals surface area contributed by atoms with Crippen LogP contribution in [0.3, 0.4) is 0 Å². The van der Waals surface area contributed by atoms with Crippen LogP contribution in [0.15, 0.2) is 4.99 Å². The second kappa shape index (κ2) is 10.8. The van der Waals surface area contributed by atoms with Crippen molar-refractivity contribution in [2.24, 2.45) is 16.8 Å². The summed E-state index contributed by atoms with van der Waals surface area (Å²) in [5.41, 5.74) is 0. The molecule has 0 aromatic carbocycles. The van der Waals surface area contributed by atoms with Crippen LogP contribution in [0.4, 0.5) is 0 Å². The Labute approximate surface area is 136 Å². The minimum Gasteiger partial charge on any atom is -0.379 e. The van der Waals surface area contributed by atoms with E-state index < -0.39 is 0 Å². The molecule has 0 radical (unpaired) electrons. The first kappa shape index (κ1) is 19.2. The first-order valence-corrected chi connectivity index (χ1v) is 8.88. The van der Waals surface area contributed by atoms with Gasteiger partial charge in [-0.3, -0.25) is 9.89 Å². The van der Waals surface area contributed by atoms with Gasteiger partial charge in [-0.15, -0.1) is 0 Å². The molecule has 1 saturated heterocycles. The Morgan fingerprint density at radius 1 is 1.09 bits per heavy atom. The van der Waals surface area contributed by atoms with E-state index in [1.807, 2.05) is 7.05 Å². The summed E-state index contributed by atoms with van der Waals surface area (Å²) < 4.78 is 5.51. The average Bonchev–Trinajstić information content (AvgIpc) is 2.54. The molecule has 1 aliphatic heterocycles. The molecule has 0 aromatic rings. The molecule has 0 saturated carbocycles. The molecule has 1 fully saturated rings. The quantitative estimate of drug-likeness (QED) is 0.531. The molecule has 0 amide bonds. The van der Waals surface area contributed by atoms with E-state index in [0.717, 1.165) is 45.4 Å². The second-order valence-corrected chi connectivity index (χ2v) is 6.52. The molecule has 0 bridgehead atoms. The zero-order valence-corrected chi connectivity index (χ0v) is 15.2. The Bertz CT molecular complexity index is 310. The Morgan fingerprint density at radius 2 is 1.68 bits per heavy atom. The lowest BCUT2D eigenvalue weighted by atomic mass is 9.92. The van der Waals surface area contributed by atoms with Crippen molar-refractivity contribution in [2.45, 2.75) is 46.6 Å². The number of nitrogens with zero attached hydrogens (tertiary/aromatic N) is 2. The van der Waals surface area contributed by atoms with Gasteiger partial charge in [-0.2, -0.15) is 0 Å². The van der Waals surface area contributed by atoms with Crippen molar-refractivity contribution in [3.05, 3.63) is 0 Å². The highest BCUT2D eigenvalue weighted by molar-refractivity contribution is 5.79. The van der Waals surface area contributed by atoms with E-state index in [-0.39, 0.29) is 0 Å². The summed E-state index contributed by atoms with van der Waals surface area (Å²) in [6, 6.07) is 0.552. The summed E-state index contributed by atoms with van der Waals surface area (Å²) in [5.74, 6) is 2.25. The number of rotatable bonds is 8. The number of hydrogen-bond donors (Lipinski definition) is 2. The first-order valence-electron chi connectivity index (χ1n) is 8.88. The fourth-order valence-corrected chi connectivity index (χ4v) is 3.06. The van der Waals surface area contributed by atoms with Crippen molar-refractivity contribution >= 4 is 5.96 Å². The van der Waals surface area contributed by atoms with Gasteiger partial charge in [0.25, 0.3) is 0 Å². The number of hydrogen-bond acceptors (Lipinski definition) is 3. The van der Waals surface area contributed by atoms with Crippen LogP contribution in [0.5, 0.6) is 0 Å². The van der Waals surface area contributed by atoms with Gasteiger partial charge in [-0.1, -0.05) is 40.5 Å². The van der Waals surface area contributed by atoms with Gasteiger partial charge in [0, 0.05) is 39.3 Å². The minimum absolute atomic E-state index is 0.552. The van der Waals surface area contributed by atoms with E-state index in [9.17, 15) is 0 Å². The first-order chi connectivity index (χ1) is 10.6. The molecule has 1 atom stereocenters. The smallest absolute Gasteiger partial charge is 0.191 e. The Balaban J connectivity index is 2.59. The fourth-order valence-electron chi connectivity index (χ4n) is 3.06. The van der Waals surface area contributed by atoms with E-state index in [4.69, 9.17) is 4.74 Å².